The predicted molar refractivity (Wildman–Crippen MR) is 102 cm³/mol. The zero-order valence-electron chi connectivity index (χ0n) is 16.0. The lowest BCUT2D eigenvalue weighted by Crippen LogP contribution is -2.60. The van der Waals surface area contributed by atoms with E-state index < -0.39 is 6.10 Å². The Morgan fingerprint density at radius 1 is 1.19 bits per heavy atom. The molecule has 2 fully saturated rings. The van der Waals surface area contributed by atoms with Crippen molar-refractivity contribution >= 4 is 5.91 Å². The van der Waals surface area contributed by atoms with Gasteiger partial charge in [0.25, 0.3) is 5.91 Å². The van der Waals surface area contributed by atoms with Gasteiger partial charge in [-0.2, -0.15) is 0 Å². The number of carbonyl (C=O) groups is 1. The number of quaternary nitrogens is 1. The van der Waals surface area contributed by atoms with Crippen LogP contribution < -0.4 is 0 Å². The summed E-state index contributed by atoms with van der Waals surface area (Å²) in [4.78, 5) is 14.5. The van der Waals surface area contributed by atoms with E-state index in [2.05, 4.69) is 7.05 Å². The topological polar surface area (TPSA) is 49.8 Å². The van der Waals surface area contributed by atoms with Crippen molar-refractivity contribution in [3.63, 3.8) is 0 Å². The number of nitrogens with zero attached hydrogens (tertiary/aromatic N) is 2. The third-order valence-corrected chi connectivity index (χ3v) is 5.86. The number of hydrogen-bond acceptors (Lipinski definition) is 3. The van der Waals surface area contributed by atoms with Crippen LogP contribution in [0.25, 0.3) is 0 Å². The molecule has 1 saturated carbocycles. The van der Waals surface area contributed by atoms with E-state index in [1.54, 1.807) is 0 Å². The molecular formula is C21H33N2O3+. The van der Waals surface area contributed by atoms with Gasteiger partial charge in [-0.25, -0.2) is 0 Å². The van der Waals surface area contributed by atoms with Crippen LogP contribution in [-0.4, -0.2) is 79.0 Å². The maximum Gasteiger partial charge on any atom is 0.254 e. The second-order valence-electron chi connectivity index (χ2n) is 8.15. The molecule has 2 aliphatic rings. The lowest BCUT2D eigenvalue weighted by molar-refractivity contribution is -0.916. The zero-order valence-corrected chi connectivity index (χ0v) is 16.0. The molecule has 5 heteroatoms. The molecule has 1 heterocycles. The molecule has 5 nitrogen and oxygen atoms in total. The molecule has 1 amide bonds. The van der Waals surface area contributed by atoms with Crippen molar-refractivity contribution in [3.8, 4) is 0 Å². The number of aliphatic hydroxyl groups excluding tert-OH is 1. The Morgan fingerprint density at radius 3 is 2.50 bits per heavy atom. The summed E-state index contributed by atoms with van der Waals surface area (Å²) in [6.07, 6.45) is 5.99. The van der Waals surface area contributed by atoms with E-state index in [0.717, 1.165) is 49.1 Å². The van der Waals surface area contributed by atoms with Crippen molar-refractivity contribution < 1.29 is 19.1 Å². The maximum atomic E-state index is 12.6. The minimum atomic E-state index is -0.432. The average Bonchev–Trinajstić information content (AvgIpc) is 2.68. The average molecular weight is 362 g/mol. The summed E-state index contributed by atoms with van der Waals surface area (Å²) in [7, 11) is 2.17. The van der Waals surface area contributed by atoms with Crippen molar-refractivity contribution in [2.75, 3.05) is 46.4 Å². The van der Waals surface area contributed by atoms with Gasteiger partial charge in [0.15, 0.2) is 0 Å². The molecule has 1 aromatic rings. The normalized spacial score (nSPS) is 22.2. The highest BCUT2D eigenvalue weighted by Crippen LogP contribution is 2.21. The van der Waals surface area contributed by atoms with E-state index >= 15 is 0 Å². The monoisotopic (exact) mass is 361 g/mol. The van der Waals surface area contributed by atoms with Gasteiger partial charge in [0, 0.05) is 5.56 Å². The summed E-state index contributed by atoms with van der Waals surface area (Å²) in [6, 6.07) is 9.48. The van der Waals surface area contributed by atoms with Crippen LogP contribution in [0.3, 0.4) is 0 Å². The number of amides is 1. The standard InChI is InChI=1S/C21H33N2O3/c1-23(16-19(24)17-26-20-10-6-3-7-11-20)14-12-22(13-15-23)21(25)18-8-4-2-5-9-18/h2,4-5,8-9,19-20,24H,3,6-7,10-17H2,1H3/q+1. The number of carbonyl (C=O) groups excluding carboxylic acids is 1. The first-order chi connectivity index (χ1) is 12.6. The van der Waals surface area contributed by atoms with Gasteiger partial charge in [0.1, 0.15) is 12.6 Å². The largest absolute Gasteiger partial charge is 0.385 e. The van der Waals surface area contributed by atoms with Crippen LogP contribution in [-0.2, 0) is 4.74 Å². The van der Waals surface area contributed by atoms with Crippen LogP contribution in [0.1, 0.15) is 42.5 Å². The molecule has 0 radical (unpaired) electrons. The first-order valence-corrected chi connectivity index (χ1v) is 10.0. The van der Waals surface area contributed by atoms with Gasteiger partial charge in [0.05, 0.1) is 45.9 Å². The van der Waals surface area contributed by atoms with E-state index in [9.17, 15) is 9.90 Å². The fourth-order valence-corrected chi connectivity index (χ4v) is 4.14. The molecule has 26 heavy (non-hydrogen) atoms. The predicted octanol–water partition coefficient (Wildman–Crippen LogP) is 2.30. The summed E-state index contributed by atoms with van der Waals surface area (Å²) >= 11 is 0. The second kappa shape index (κ2) is 8.98. The van der Waals surface area contributed by atoms with Crippen molar-refractivity contribution in [3.05, 3.63) is 35.9 Å². The molecule has 1 atom stereocenters. The van der Waals surface area contributed by atoms with Gasteiger partial charge in [-0.05, 0) is 25.0 Å². The molecule has 1 N–H and O–H groups in total. The third kappa shape index (κ3) is 5.29. The molecule has 1 unspecified atom stereocenters. The van der Waals surface area contributed by atoms with Gasteiger partial charge >= 0.3 is 0 Å². The Hall–Kier alpha value is -1.43. The van der Waals surface area contributed by atoms with Gasteiger partial charge in [0.2, 0.25) is 0 Å². The van der Waals surface area contributed by atoms with Crippen LogP contribution in [0.15, 0.2) is 30.3 Å². The van der Waals surface area contributed by atoms with Gasteiger partial charge in [-0.1, -0.05) is 37.5 Å². The van der Waals surface area contributed by atoms with Crippen molar-refractivity contribution in [1.29, 1.82) is 0 Å². The van der Waals surface area contributed by atoms with Crippen molar-refractivity contribution in [2.45, 2.75) is 44.3 Å². The van der Waals surface area contributed by atoms with Gasteiger partial charge in [-0.15, -0.1) is 0 Å². The smallest absolute Gasteiger partial charge is 0.254 e. The minimum Gasteiger partial charge on any atom is -0.385 e. The maximum absolute atomic E-state index is 12.6. The van der Waals surface area contributed by atoms with E-state index in [-0.39, 0.29) is 5.91 Å². The highest BCUT2D eigenvalue weighted by atomic mass is 16.5. The molecule has 3 rings (SSSR count). The summed E-state index contributed by atoms with van der Waals surface area (Å²) in [5.41, 5.74) is 0.754. The van der Waals surface area contributed by atoms with Crippen LogP contribution in [0.5, 0.6) is 0 Å². The Morgan fingerprint density at radius 2 is 1.85 bits per heavy atom. The molecule has 1 saturated heterocycles. The lowest BCUT2D eigenvalue weighted by Gasteiger charge is -2.43. The summed E-state index contributed by atoms with van der Waals surface area (Å²) in [6.45, 7) is 4.35. The Balaban J connectivity index is 1.43. The second-order valence-corrected chi connectivity index (χ2v) is 8.15. The van der Waals surface area contributed by atoms with Crippen LogP contribution in [0, 0.1) is 0 Å². The van der Waals surface area contributed by atoms with Gasteiger partial charge < -0.3 is 19.2 Å². The Labute approximate surface area is 157 Å². The molecule has 1 aromatic carbocycles. The SMILES string of the molecule is C[N+]1(CC(O)COC2CCCCC2)CCN(C(=O)c2ccccc2)CC1. The number of likely N-dealkylation sites (N-methyl/N-ethyl adjacent to an activating group) is 1. The zero-order chi connectivity index (χ0) is 18.4. The number of ether oxygens (including phenoxy) is 1. The van der Waals surface area contributed by atoms with E-state index in [1.807, 2.05) is 35.2 Å². The number of rotatable bonds is 6. The number of aliphatic hydroxyl groups is 1. The van der Waals surface area contributed by atoms with Crippen molar-refractivity contribution in [2.24, 2.45) is 0 Å². The molecule has 0 spiro atoms. The minimum absolute atomic E-state index is 0.109. The van der Waals surface area contributed by atoms with Crippen LogP contribution in [0.4, 0.5) is 0 Å². The molecule has 0 aromatic heterocycles. The summed E-state index contributed by atoms with van der Waals surface area (Å²) in [5, 5.41) is 10.4. The molecule has 1 aliphatic heterocycles. The first-order valence-electron chi connectivity index (χ1n) is 10.0. The third-order valence-electron chi connectivity index (χ3n) is 5.86. The Kier molecular flexibility index (Phi) is 6.68. The highest BCUT2D eigenvalue weighted by Gasteiger charge is 2.33. The quantitative estimate of drug-likeness (QED) is 0.791. The summed E-state index contributed by atoms with van der Waals surface area (Å²) in [5.74, 6) is 0.109. The Bertz CT molecular complexity index is 564. The fraction of sp³-hybridized carbons (Fsp3) is 0.667. The number of hydrogen-bond donors (Lipinski definition) is 1. The van der Waals surface area contributed by atoms with E-state index in [4.69, 9.17) is 4.74 Å². The first kappa shape index (κ1) is 19.3. The molecular weight excluding hydrogens is 328 g/mol. The number of piperazine rings is 1. The van der Waals surface area contributed by atoms with Crippen molar-refractivity contribution in [1.82, 2.24) is 4.90 Å². The van der Waals surface area contributed by atoms with Crippen LogP contribution >= 0.6 is 0 Å². The molecule has 0 bridgehead atoms. The van der Waals surface area contributed by atoms with E-state index in [1.165, 1.54) is 19.3 Å². The fourth-order valence-electron chi connectivity index (χ4n) is 4.14. The molecule has 144 valence electrons. The molecule has 1 aliphatic carbocycles. The lowest BCUT2D eigenvalue weighted by atomic mass is 9.98. The number of benzene rings is 1. The van der Waals surface area contributed by atoms with Crippen LogP contribution in [0.2, 0.25) is 0 Å². The summed E-state index contributed by atoms with van der Waals surface area (Å²) < 4.78 is 6.72. The van der Waals surface area contributed by atoms with E-state index in [0.29, 0.717) is 19.3 Å². The van der Waals surface area contributed by atoms with Gasteiger partial charge in [-0.3, -0.25) is 4.79 Å². The highest BCUT2D eigenvalue weighted by molar-refractivity contribution is 5.94.